The fourth-order valence-corrected chi connectivity index (χ4v) is 2.43. The second kappa shape index (κ2) is 4.72. The van der Waals surface area contributed by atoms with Crippen LogP contribution in [0.1, 0.15) is 13.8 Å². The maximum absolute atomic E-state index is 10.2. The van der Waals surface area contributed by atoms with Crippen LogP contribution in [0.15, 0.2) is 0 Å². The van der Waals surface area contributed by atoms with E-state index in [4.69, 9.17) is 0 Å². The summed E-state index contributed by atoms with van der Waals surface area (Å²) >= 11 is 0.727. The summed E-state index contributed by atoms with van der Waals surface area (Å²) in [6.07, 6.45) is 0. The molecule has 0 saturated carbocycles. The number of hydrogen-bond donors (Lipinski definition) is 0. The van der Waals surface area contributed by atoms with Gasteiger partial charge in [-0.05, 0) is 0 Å². The van der Waals surface area contributed by atoms with Crippen molar-refractivity contribution < 1.29 is 17.2 Å². The van der Waals surface area contributed by atoms with Crippen molar-refractivity contribution in [1.82, 2.24) is 0 Å². The van der Waals surface area contributed by atoms with E-state index in [1.54, 1.807) is 0 Å². The Hall–Kier alpha value is -0.0475. The van der Waals surface area contributed by atoms with E-state index in [9.17, 15) is 9.59 Å². The lowest BCUT2D eigenvalue weighted by Crippen LogP contribution is -2.20. The molecule has 4 nitrogen and oxygen atoms in total. The lowest BCUT2D eigenvalue weighted by atomic mass is 10.9. The predicted molar refractivity (Wildman–Crippen MR) is 38.2 cm³/mol. The maximum atomic E-state index is 10.2. The summed E-state index contributed by atoms with van der Waals surface area (Å²) in [5.74, 6) is -0.899. The number of hydrogen-bond acceptors (Lipinski definition) is 4. The van der Waals surface area contributed by atoms with E-state index in [-0.39, 0.29) is 0 Å². The van der Waals surface area contributed by atoms with Crippen LogP contribution in [0.2, 0.25) is 0 Å². The minimum atomic E-state index is -2.20. The Kier molecular flexibility index (Phi) is 4.70. The first-order valence-corrected chi connectivity index (χ1v) is 6.63. The molecule has 0 heterocycles. The molecule has 0 aliphatic heterocycles. The summed E-state index contributed by atoms with van der Waals surface area (Å²) in [5, 5.41) is 0. The summed E-state index contributed by atoms with van der Waals surface area (Å²) in [6, 6.07) is 0. The molecule has 10 heavy (non-hydrogen) atoms. The highest BCUT2D eigenvalue weighted by molar-refractivity contribution is 9.24. The molecule has 0 fully saturated rings. The third kappa shape index (κ3) is 6.08. The highest BCUT2D eigenvalue weighted by Gasteiger charge is 2.31. The number of halogens is 1. The first-order chi connectivity index (χ1) is 4.52. The van der Waals surface area contributed by atoms with Gasteiger partial charge in [0.15, 0.2) is 0 Å². The number of rotatable bonds is 2. The topological polar surface area (TPSA) is 52.6 Å². The van der Waals surface area contributed by atoms with Crippen molar-refractivity contribution in [2.45, 2.75) is 13.8 Å². The van der Waals surface area contributed by atoms with Crippen molar-refractivity contribution in [2.24, 2.45) is 0 Å². The van der Waals surface area contributed by atoms with Gasteiger partial charge in [0.05, 0.1) is 0 Å². The third-order valence-electron chi connectivity index (χ3n) is 0.517. The molecule has 0 rings (SSSR count). The van der Waals surface area contributed by atoms with Gasteiger partial charge in [-0.25, -0.2) is 0 Å². The van der Waals surface area contributed by atoms with Gasteiger partial charge in [0.2, 0.25) is 0 Å². The molecule has 0 unspecified atom stereocenters. The van der Waals surface area contributed by atoms with E-state index in [1.165, 1.54) is 13.8 Å². The molecule has 0 aromatic carbocycles. The van der Waals surface area contributed by atoms with Gasteiger partial charge in [-0.2, -0.15) is 0 Å². The Morgan fingerprint density at radius 1 is 1.20 bits per heavy atom. The summed E-state index contributed by atoms with van der Waals surface area (Å²) < 4.78 is 9.07. The zero-order valence-corrected chi connectivity index (χ0v) is 8.33. The van der Waals surface area contributed by atoms with Crippen LogP contribution in [0.4, 0.5) is 0 Å². The molecule has 0 bridgehead atoms. The van der Waals surface area contributed by atoms with E-state index >= 15 is 0 Å². The monoisotopic (exact) mass is 224 g/mol. The van der Waals surface area contributed by atoms with Crippen LogP contribution in [-0.2, 0) is 17.2 Å². The second-order valence-corrected chi connectivity index (χ2v) is 4.76. The van der Waals surface area contributed by atoms with Gasteiger partial charge in [0, 0.05) is 13.8 Å². The van der Waals surface area contributed by atoms with Gasteiger partial charge in [-0.15, -0.1) is 14.1 Å². The molecule has 0 amide bonds. The smallest absolute Gasteiger partial charge is 0.577 e. The van der Waals surface area contributed by atoms with Crippen molar-refractivity contribution in [3.05, 3.63) is 0 Å². The zero-order chi connectivity index (χ0) is 8.15. The molecule has 0 N–H and O–H groups in total. The number of carbonyl (C=O) groups excluding carboxylic acids is 2. The Balaban J connectivity index is 3.53. The largest absolute Gasteiger partial charge is 0.961 e. The van der Waals surface area contributed by atoms with Crippen molar-refractivity contribution in [3.63, 3.8) is 0 Å². The molecule has 0 atom stereocenters. The molecule has 6 heteroatoms. The standard InChI is InChI=1S/2C2H4O2.Al.BrH/c2*1-2(3)4;;/h2*1H3,(H,3,4);;1H/q;;+3;/p-3. The summed E-state index contributed by atoms with van der Waals surface area (Å²) in [7, 11) is 0. The highest BCUT2D eigenvalue weighted by atomic mass is 79.9. The molecule has 0 aromatic rings. The van der Waals surface area contributed by atoms with Gasteiger partial charge in [-0.3, -0.25) is 9.59 Å². The van der Waals surface area contributed by atoms with E-state index in [1.807, 2.05) is 0 Å². The minimum Gasteiger partial charge on any atom is -0.577 e. The van der Waals surface area contributed by atoms with E-state index < -0.39 is 24.9 Å². The van der Waals surface area contributed by atoms with Crippen LogP contribution >= 0.6 is 14.1 Å². The van der Waals surface area contributed by atoms with Crippen LogP contribution in [0.3, 0.4) is 0 Å². The van der Waals surface area contributed by atoms with Crippen LogP contribution in [0, 0.1) is 0 Å². The van der Waals surface area contributed by atoms with Crippen LogP contribution in [0.5, 0.6) is 0 Å². The Bertz CT molecular complexity index is 132. The van der Waals surface area contributed by atoms with Gasteiger partial charge >= 0.3 is 13.0 Å². The molecule has 0 aliphatic carbocycles. The molecular formula is C4H6AlBrO4. The van der Waals surface area contributed by atoms with Crippen molar-refractivity contribution in [3.8, 4) is 0 Å². The minimum absolute atomic E-state index is 0.449. The number of carbonyl (C=O) groups is 2. The van der Waals surface area contributed by atoms with Gasteiger partial charge in [0.25, 0.3) is 11.9 Å². The van der Waals surface area contributed by atoms with Crippen molar-refractivity contribution in [2.75, 3.05) is 0 Å². The maximum Gasteiger partial charge on any atom is 0.961 e. The molecule has 0 saturated heterocycles. The van der Waals surface area contributed by atoms with Gasteiger partial charge < -0.3 is 7.58 Å². The second-order valence-electron chi connectivity index (χ2n) is 1.49. The average Bonchev–Trinajstić information content (AvgIpc) is 1.58. The summed E-state index contributed by atoms with van der Waals surface area (Å²) in [6.45, 7) is 2.51. The molecule has 0 aliphatic rings. The normalized spacial score (nSPS) is 8.30. The molecule has 0 radical (unpaired) electrons. The predicted octanol–water partition coefficient (Wildman–Crippen LogP) is 0.492. The zero-order valence-electron chi connectivity index (χ0n) is 5.59. The molecule has 56 valence electrons. The molecule has 0 spiro atoms. The SMILES string of the molecule is CC(=O)[O][Al]([Br])[O]C(C)=O. The third-order valence-corrected chi connectivity index (χ3v) is 2.67. The quantitative estimate of drug-likeness (QED) is 0.641. The fourth-order valence-electron chi connectivity index (χ4n) is 0.285. The Morgan fingerprint density at radius 3 is 1.70 bits per heavy atom. The van der Waals surface area contributed by atoms with Gasteiger partial charge in [-0.1, -0.05) is 0 Å². The Labute approximate surface area is 70.2 Å². The van der Waals surface area contributed by atoms with Crippen molar-refractivity contribution >= 4 is 39.0 Å². The van der Waals surface area contributed by atoms with Crippen molar-refractivity contribution in [1.29, 1.82) is 0 Å². The average molecular weight is 225 g/mol. The lowest BCUT2D eigenvalue weighted by molar-refractivity contribution is -0.136. The summed E-state index contributed by atoms with van der Waals surface area (Å²) in [5.41, 5.74) is 0. The molecule has 0 aromatic heterocycles. The first kappa shape index (κ1) is 9.95. The first-order valence-electron chi connectivity index (χ1n) is 2.51. The van der Waals surface area contributed by atoms with E-state index in [0.29, 0.717) is 0 Å². The molecular weight excluding hydrogens is 219 g/mol. The van der Waals surface area contributed by atoms with E-state index in [0.717, 1.165) is 0 Å². The Morgan fingerprint density at radius 2 is 1.50 bits per heavy atom. The van der Waals surface area contributed by atoms with Gasteiger partial charge in [0.1, 0.15) is 0 Å². The van der Waals surface area contributed by atoms with Crippen LogP contribution in [-0.4, -0.2) is 24.9 Å². The lowest BCUT2D eigenvalue weighted by Gasteiger charge is -2.03. The van der Waals surface area contributed by atoms with Crippen LogP contribution in [0.25, 0.3) is 0 Å². The summed E-state index contributed by atoms with van der Waals surface area (Å²) in [4.78, 5) is 20.5. The highest BCUT2D eigenvalue weighted by Crippen LogP contribution is 1.98. The van der Waals surface area contributed by atoms with E-state index in [2.05, 4.69) is 21.6 Å². The van der Waals surface area contributed by atoms with Crippen LogP contribution < -0.4 is 0 Å². The fraction of sp³-hybridized carbons (Fsp3) is 0.500.